The fraction of sp³-hybridized carbons (Fsp3) is 0.250. The number of carbonyl (C=O) groups is 1. The average molecular weight is 428 g/mol. The molecule has 0 bridgehead atoms. The molecule has 8 nitrogen and oxygen atoms in total. The van der Waals surface area contributed by atoms with Crippen molar-refractivity contribution in [1.82, 2.24) is 20.0 Å². The summed E-state index contributed by atoms with van der Waals surface area (Å²) in [4.78, 5) is 26.9. The van der Waals surface area contributed by atoms with E-state index in [1.807, 2.05) is 42.5 Å². The molecule has 3 aromatic heterocycles. The van der Waals surface area contributed by atoms with Crippen LogP contribution in [0.1, 0.15) is 16.1 Å². The quantitative estimate of drug-likeness (QED) is 0.531. The van der Waals surface area contributed by atoms with Gasteiger partial charge >= 0.3 is 0 Å². The van der Waals surface area contributed by atoms with E-state index in [-0.39, 0.29) is 5.91 Å². The van der Waals surface area contributed by atoms with Crippen LogP contribution < -0.4 is 10.2 Å². The average Bonchev–Trinajstić information content (AvgIpc) is 3.21. The third kappa shape index (κ3) is 3.92. The van der Waals surface area contributed by atoms with E-state index in [1.54, 1.807) is 19.2 Å². The van der Waals surface area contributed by atoms with E-state index in [9.17, 15) is 4.79 Å². The molecule has 1 aliphatic heterocycles. The minimum Gasteiger partial charge on any atom is -0.354 e. The first-order valence-electron chi connectivity index (χ1n) is 10.6. The Morgan fingerprint density at radius 3 is 2.56 bits per heavy atom. The Balaban J connectivity index is 1.41. The lowest BCUT2D eigenvalue weighted by molar-refractivity contribution is 0.102. The van der Waals surface area contributed by atoms with Crippen molar-refractivity contribution >= 4 is 28.5 Å². The zero-order chi connectivity index (χ0) is 22.1. The van der Waals surface area contributed by atoms with Crippen molar-refractivity contribution in [2.75, 3.05) is 43.4 Å². The Kier molecular flexibility index (Phi) is 5.28. The summed E-state index contributed by atoms with van der Waals surface area (Å²) < 4.78 is 5.38. The zero-order valence-corrected chi connectivity index (χ0v) is 18.1. The second-order valence-electron chi connectivity index (χ2n) is 8.02. The molecule has 1 fully saturated rings. The van der Waals surface area contributed by atoms with Crippen LogP contribution in [0.3, 0.4) is 0 Å². The van der Waals surface area contributed by atoms with Crippen LogP contribution in [0.25, 0.3) is 22.4 Å². The Morgan fingerprint density at radius 2 is 1.84 bits per heavy atom. The van der Waals surface area contributed by atoms with E-state index in [2.05, 4.69) is 37.3 Å². The fourth-order valence-electron chi connectivity index (χ4n) is 3.91. The molecule has 1 saturated heterocycles. The van der Waals surface area contributed by atoms with Crippen molar-refractivity contribution in [1.29, 1.82) is 0 Å². The van der Waals surface area contributed by atoms with Crippen LogP contribution in [-0.2, 0) is 0 Å². The second kappa shape index (κ2) is 8.39. The van der Waals surface area contributed by atoms with Gasteiger partial charge < -0.3 is 19.6 Å². The van der Waals surface area contributed by atoms with Gasteiger partial charge in [-0.3, -0.25) is 4.79 Å². The summed E-state index contributed by atoms with van der Waals surface area (Å²) in [5.41, 5.74) is 3.63. The van der Waals surface area contributed by atoms with E-state index in [1.165, 1.54) is 0 Å². The van der Waals surface area contributed by atoms with Gasteiger partial charge in [-0.1, -0.05) is 35.5 Å². The molecule has 162 valence electrons. The highest BCUT2D eigenvalue weighted by Gasteiger charge is 2.20. The number of nitrogens with zero attached hydrogens (tertiary/aromatic N) is 5. The first kappa shape index (κ1) is 20.1. The molecule has 5 rings (SSSR count). The van der Waals surface area contributed by atoms with Gasteiger partial charge in [0.25, 0.3) is 11.6 Å². The maximum Gasteiger partial charge on any atom is 0.259 e. The first-order chi connectivity index (χ1) is 15.6. The van der Waals surface area contributed by atoms with Gasteiger partial charge in [-0.2, -0.15) is 0 Å². The number of hydrogen-bond acceptors (Lipinski definition) is 7. The Morgan fingerprint density at radius 1 is 1.06 bits per heavy atom. The molecule has 0 saturated carbocycles. The number of anilines is 2. The maximum absolute atomic E-state index is 13.2. The van der Waals surface area contributed by atoms with Crippen molar-refractivity contribution in [2.45, 2.75) is 6.92 Å². The standard InChI is InChI=1S/C24H24N6O2/c1-16-22-19(14-20(27-24(22)32-28-16)17-6-4-3-5-7-17)23(31)26-18-8-9-21(25-15-18)30-12-10-29(2)11-13-30/h3-9,14-15H,10-13H2,1-2H3,(H,26,31). The van der Waals surface area contributed by atoms with Crippen molar-refractivity contribution in [3.8, 4) is 11.3 Å². The number of amides is 1. The minimum atomic E-state index is -0.255. The van der Waals surface area contributed by atoms with Gasteiger partial charge in [0, 0.05) is 31.7 Å². The minimum absolute atomic E-state index is 0.255. The Bertz CT molecular complexity index is 1240. The smallest absolute Gasteiger partial charge is 0.259 e. The molecule has 32 heavy (non-hydrogen) atoms. The number of hydrogen-bond donors (Lipinski definition) is 1. The zero-order valence-electron chi connectivity index (χ0n) is 18.1. The third-order valence-electron chi connectivity index (χ3n) is 5.76. The van der Waals surface area contributed by atoms with E-state index >= 15 is 0 Å². The molecule has 0 aliphatic carbocycles. The van der Waals surface area contributed by atoms with Crippen molar-refractivity contribution in [2.24, 2.45) is 0 Å². The largest absolute Gasteiger partial charge is 0.354 e. The van der Waals surface area contributed by atoms with Gasteiger partial charge in [-0.15, -0.1) is 0 Å². The summed E-state index contributed by atoms with van der Waals surface area (Å²) >= 11 is 0. The number of carbonyl (C=O) groups excluding carboxylic acids is 1. The lowest BCUT2D eigenvalue weighted by Crippen LogP contribution is -2.44. The molecule has 0 atom stereocenters. The number of aryl methyl sites for hydroxylation is 1. The monoisotopic (exact) mass is 428 g/mol. The number of aromatic nitrogens is 3. The summed E-state index contributed by atoms with van der Waals surface area (Å²) in [6, 6.07) is 15.3. The summed E-state index contributed by atoms with van der Waals surface area (Å²) in [7, 11) is 2.12. The summed E-state index contributed by atoms with van der Waals surface area (Å²) in [6.07, 6.45) is 1.70. The van der Waals surface area contributed by atoms with Gasteiger partial charge in [-0.25, -0.2) is 9.97 Å². The van der Waals surface area contributed by atoms with E-state index < -0.39 is 0 Å². The van der Waals surface area contributed by atoms with Crippen molar-refractivity contribution in [3.63, 3.8) is 0 Å². The SMILES string of the molecule is Cc1noc2nc(-c3ccccc3)cc(C(=O)Nc3ccc(N4CCN(C)CC4)nc3)c12. The highest BCUT2D eigenvalue weighted by molar-refractivity contribution is 6.13. The van der Waals surface area contributed by atoms with Crippen LogP contribution in [0.2, 0.25) is 0 Å². The van der Waals surface area contributed by atoms with Gasteiger partial charge in [0.2, 0.25) is 0 Å². The topological polar surface area (TPSA) is 87.4 Å². The van der Waals surface area contributed by atoms with Crippen LogP contribution in [0.5, 0.6) is 0 Å². The first-order valence-corrected chi connectivity index (χ1v) is 10.6. The second-order valence-corrected chi connectivity index (χ2v) is 8.02. The van der Waals surface area contributed by atoms with Gasteiger partial charge in [0.15, 0.2) is 0 Å². The molecular formula is C24H24N6O2. The third-order valence-corrected chi connectivity index (χ3v) is 5.76. The highest BCUT2D eigenvalue weighted by Crippen LogP contribution is 2.28. The predicted octanol–water partition coefficient (Wildman–Crippen LogP) is 3.60. The molecule has 0 unspecified atom stereocenters. The molecule has 1 aliphatic rings. The predicted molar refractivity (Wildman–Crippen MR) is 124 cm³/mol. The number of benzene rings is 1. The van der Waals surface area contributed by atoms with Gasteiger partial charge in [0.1, 0.15) is 5.82 Å². The molecular weight excluding hydrogens is 404 g/mol. The summed E-state index contributed by atoms with van der Waals surface area (Å²) in [5.74, 6) is 0.665. The molecule has 4 heterocycles. The summed E-state index contributed by atoms with van der Waals surface area (Å²) in [6.45, 7) is 5.72. The molecule has 1 N–H and O–H groups in total. The van der Waals surface area contributed by atoms with Crippen LogP contribution in [0, 0.1) is 6.92 Å². The van der Waals surface area contributed by atoms with E-state index in [0.717, 1.165) is 37.6 Å². The highest BCUT2D eigenvalue weighted by atomic mass is 16.5. The molecule has 0 radical (unpaired) electrons. The fourth-order valence-corrected chi connectivity index (χ4v) is 3.91. The number of pyridine rings is 2. The molecule has 4 aromatic rings. The molecule has 1 aromatic carbocycles. The number of nitrogens with one attached hydrogen (secondary N) is 1. The summed E-state index contributed by atoms with van der Waals surface area (Å²) in [5, 5.41) is 7.58. The van der Waals surface area contributed by atoms with Crippen LogP contribution >= 0.6 is 0 Å². The Labute approximate surface area is 185 Å². The number of likely N-dealkylation sites (N-methyl/N-ethyl adjacent to an activating group) is 1. The molecule has 0 spiro atoms. The number of rotatable bonds is 4. The maximum atomic E-state index is 13.2. The Hall–Kier alpha value is -3.78. The number of piperazine rings is 1. The van der Waals surface area contributed by atoms with Crippen molar-refractivity contribution < 1.29 is 9.32 Å². The van der Waals surface area contributed by atoms with Crippen molar-refractivity contribution in [3.05, 3.63) is 66.0 Å². The van der Waals surface area contributed by atoms with Gasteiger partial charge in [0.05, 0.1) is 34.2 Å². The molecule has 8 heteroatoms. The van der Waals surface area contributed by atoms with Crippen LogP contribution in [0.4, 0.5) is 11.5 Å². The molecule has 1 amide bonds. The van der Waals surface area contributed by atoms with E-state index in [4.69, 9.17) is 4.52 Å². The number of fused-ring (bicyclic) bond motifs is 1. The normalized spacial score (nSPS) is 14.6. The van der Waals surface area contributed by atoms with Crippen LogP contribution in [-0.4, -0.2) is 59.2 Å². The van der Waals surface area contributed by atoms with Gasteiger partial charge in [-0.05, 0) is 32.2 Å². The lowest BCUT2D eigenvalue weighted by Gasteiger charge is -2.33. The lowest BCUT2D eigenvalue weighted by atomic mass is 10.1. The van der Waals surface area contributed by atoms with E-state index in [0.29, 0.717) is 33.7 Å². The van der Waals surface area contributed by atoms with Crippen LogP contribution in [0.15, 0.2) is 59.3 Å².